The van der Waals surface area contributed by atoms with E-state index in [-0.39, 0.29) is 28.5 Å². The maximum atomic E-state index is 12.4. The molecule has 3 unspecified atom stereocenters. The minimum Gasteiger partial charge on any atom is -0.469 e. The Morgan fingerprint density at radius 1 is 1.50 bits per heavy atom. The number of ether oxygens (including phenoxy) is 1. The van der Waals surface area contributed by atoms with Gasteiger partial charge >= 0.3 is 5.97 Å². The van der Waals surface area contributed by atoms with Crippen LogP contribution < -0.4 is 0 Å². The molecule has 2 aliphatic carbocycles. The summed E-state index contributed by atoms with van der Waals surface area (Å²) >= 11 is 0. The molecule has 0 heterocycles. The fourth-order valence-corrected chi connectivity index (χ4v) is 4.54. The first-order chi connectivity index (χ1) is 11.2. The predicted octanol–water partition coefficient (Wildman–Crippen LogP) is 4.56. The molecule has 2 aliphatic rings. The number of methoxy groups -OCH3 is 1. The van der Waals surface area contributed by atoms with Gasteiger partial charge in [-0.2, -0.15) is 0 Å². The second kappa shape index (κ2) is 6.54. The highest BCUT2D eigenvalue weighted by Gasteiger charge is 2.51. The van der Waals surface area contributed by atoms with Crippen LogP contribution in [0.4, 0.5) is 0 Å². The molecular formula is C21H28O3. The Hall–Kier alpha value is -1.90. The number of carbonyl (C=O) groups excluding carboxylic acids is 2. The van der Waals surface area contributed by atoms with Crippen LogP contribution >= 0.6 is 0 Å². The molecule has 0 amide bonds. The largest absolute Gasteiger partial charge is 0.469 e. The molecule has 24 heavy (non-hydrogen) atoms. The number of allylic oxidation sites excluding steroid dienone is 6. The summed E-state index contributed by atoms with van der Waals surface area (Å²) in [6.45, 7) is 14.3. The zero-order valence-corrected chi connectivity index (χ0v) is 15.3. The van der Waals surface area contributed by atoms with Crippen LogP contribution in [0, 0.1) is 16.7 Å². The normalized spacial score (nSPS) is 32.3. The molecule has 0 saturated heterocycles. The molecule has 130 valence electrons. The van der Waals surface area contributed by atoms with E-state index < -0.39 is 0 Å². The molecule has 3 heteroatoms. The topological polar surface area (TPSA) is 43.4 Å². The van der Waals surface area contributed by atoms with Gasteiger partial charge in [0.05, 0.1) is 7.11 Å². The second-order valence-electron chi connectivity index (χ2n) is 7.43. The van der Waals surface area contributed by atoms with Crippen LogP contribution in [0.1, 0.15) is 46.5 Å². The minimum absolute atomic E-state index is 0.0501. The summed E-state index contributed by atoms with van der Waals surface area (Å²) in [6, 6.07) is 0. The highest BCUT2D eigenvalue weighted by molar-refractivity contribution is 6.05. The number of rotatable bonds is 5. The number of ketones is 1. The van der Waals surface area contributed by atoms with Gasteiger partial charge in [0.2, 0.25) is 0 Å². The zero-order valence-electron chi connectivity index (χ0n) is 15.3. The van der Waals surface area contributed by atoms with E-state index in [2.05, 4.69) is 26.2 Å². The average molecular weight is 328 g/mol. The highest BCUT2D eigenvalue weighted by Crippen LogP contribution is 2.60. The van der Waals surface area contributed by atoms with Gasteiger partial charge < -0.3 is 4.74 Å². The Morgan fingerprint density at radius 2 is 2.17 bits per heavy atom. The monoisotopic (exact) mass is 328 g/mol. The maximum absolute atomic E-state index is 12.4. The van der Waals surface area contributed by atoms with E-state index in [1.54, 1.807) is 6.08 Å². The van der Waals surface area contributed by atoms with Crippen LogP contribution in [0.2, 0.25) is 0 Å². The summed E-state index contributed by atoms with van der Waals surface area (Å²) < 4.78 is 4.83. The highest BCUT2D eigenvalue weighted by atomic mass is 16.5. The van der Waals surface area contributed by atoms with Crippen molar-refractivity contribution < 1.29 is 14.3 Å². The summed E-state index contributed by atoms with van der Waals surface area (Å²) in [5, 5.41) is 0. The molecule has 0 aromatic heterocycles. The molecule has 0 bridgehead atoms. The molecule has 0 N–H and O–H groups in total. The fraction of sp³-hybridized carbons (Fsp3) is 0.524. The summed E-state index contributed by atoms with van der Waals surface area (Å²) in [5.41, 5.74) is 2.33. The molecule has 1 fully saturated rings. The lowest BCUT2D eigenvalue weighted by Crippen LogP contribution is -2.44. The lowest BCUT2D eigenvalue weighted by Gasteiger charge is -2.53. The third kappa shape index (κ3) is 2.92. The average Bonchev–Trinajstić information content (AvgIpc) is 2.54. The number of fused-ring (bicyclic) bond motifs is 1. The van der Waals surface area contributed by atoms with Crippen molar-refractivity contribution in [3.05, 3.63) is 48.1 Å². The van der Waals surface area contributed by atoms with Crippen molar-refractivity contribution in [1.82, 2.24) is 0 Å². The molecule has 0 spiro atoms. The van der Waals surface area contributed by atoms with E-state index in [1.165, 1.54) is 7.11 Å². The fourth-order valence-electron chi connectivity index (χ4n) is 4.54. The summed E-state index contributed by atoms with van der Waals surface area (Å²) in [5.74, 6) is 0.0659. The summed E-state index contributed by atoms with van der Waals surface area (Å²) in [7, 11) is 1.41. The SMILES string of the molecule is C=CC12C=C(C)C(=O)C=C1C(C)(CCC(=O)OC)C(C(=C)C)CC2. The molecular weight excluding hydrogens is 300 g/mol. The van der Waals surface area contributed by atoms with Crippen molar-refractivity contribution in [2.24, 2.45) is 16.7 Å². The van der Waals surface area contributed by atoms with Crippen LogP contribution in [0.5, 0.6) is 0 Å². The van der Waals surface area contributed by atoms with Crippen LogP contribution in [-0.4, -0.2) is 18.9 Å². The van der Waals surface area contributed by atoms with Crippen molar-refractivity contribution in [2.45, 2.75) is 46.5 Å². The van der Waals surface area contributed by atoms with Gasteiger partial charge in [0.25, 0.3) is 0 Å². The molecule has 0 aliphatic heterocycles. The van der Waals surface area contributed by atoms with E-state index >= 15 is 0 Å². The van der Waals surface area contributed by atoms with Gasteiger partial charge in [-0.25, -0.2) is 0 Å². The minimum atomic E-state index is -0.306. The first-order valence-electron chi connectivity index (χ1n) is 8.52. The Bertz CT molecular complexity index is 652. The maximum Gasteiger partial charge on any atom is 0.305 e. The van der Waals surface area contributed by atoms with E-state index in [1.807, 2.05) is 19.9 Å². The van der Waals surface area contributed by atoms with Crippen molar-refractivity contribution in [3.63, 3.8) is 0 Å². The lowest BCUT2D eigenvalue weighted by molar-refractivity contribution is -0.141. The Labute approximate surface area is 145 Å². The van der Waals surface area contributed by atoms with Crippen molar-refractivity contribution in [3.8, 4) is 0 Å². The van der Waals surface area contributed by atoms with Gasteiger partial charge in [-0.15, -0.1) is 6.58 Å². The lowest BCUT2D eigenvalue weighted by atomic mass is 9.50. The predicted molar refractivity (Wildman–Crippen MR) is 96.4 cm³/mol. The van der Waals surface area contributed by atoms with Crippen LogP contribution in [-0.2, 0) is 14.3 Å². The Morgan fingerprint density at radius 3 is 2.71 bits per heavy atom. The van der Waals surface area contributed by atoms with Gasteiger partial charge in [-0.1, -0.05) is 31.2 Å². The molecule has 3 nitrogen and oxygen atoms in total. The smallest absolute Gasteiger partial charge is 0.305 e. The third-order valence-electron chi connectivity index (χ3n) is 5.91. The number of hydrogen-bond donors (Lipinski definition) is 0. The first kappa shape index (κ1) is 18.4. The van der Waals surface area contributed by atoms with Crippen LogP contribution in [0.3, 0.4) is 0 Å². The van der Waals surface area contributed by atoms with E-state index in [0.29, 0.717) is 12.8 Å². The quantitative estimate of drug-likeness (QED) is 0.549. The summed E-state index contributed by atoms with van der Waals surface area (Å²) in [4.78, 5) is 24.1. The molecule has 0 aromatic carbocycles. The zero-order chi connectivity index (χ0) is 18.1. The van der Waals surface area contributed by atoms with Gasteiger partial charge in [0.15, 0.2) is 5.78 Å². The Balaban J connectivity index is 2.53. The standard InChI is InChI=1S/C21H28O3/c1-7-21-11-8-16(14(2)3)20(5,10-9-19(23)24-6)18(21)12-17(22)15(4)13-21/h7,12-13,16H,1-2,8-11H2,3-6H3. The Kier molecular flexibility index (Phi) is 5.03. The van der Waals surface area contributed by atoms with Gasteiger partial charge in [0, 0.05) is 11.8 Å². The van der Waals surface area contributed by atoms with Gasteiger partial charge in [-0.05, 0) is 61.7 Å². The van der Waals surface area contributed by atoms with E-state index in [4.69, 9.17) is 4.74 Å². The number of carbonyl (C=O) groups is 2. The van der Waals surface area contributed by atoms with Gasteiger partial charge in [0.1, 0.15) is 0 Å². The molecule has 1 saturated carbocycles. The second-order valence-corrected chi connectivity index (χ2v) is 7.43. The van der Waals surface area contributed by atoms with Crippen molar-refractivity contribution in [1.29, 1.82) is 0 Å². The number of esters is 1. The number of hydrogen-bond acceptors (Lipinski definition) is 3. The third-order valence-corrected chi connectivity index (χ3v) is 5.91. The molecule has 2 rings (SSSR count). The molecule has 0 radical (unpaired) electrons. The van der Waals surface area contributed by atoms with Crippen molar-refractivity contribution in [2.75, 3.05) is 7.11 Å². The van der Waals surface area contributed by atoms with E-state index in [9.17, 15) is 9.59 Å². The van der Waals surface area contributed by atoms with Gasteiger partial charge in [-0.3, -0.25) is 9.59 Å². The van der Waals surface area contributed by atoms with E-state index in [0.717, 1.165) is 29.6 Å². The van der Waals surface area contributed by atoms with Crippen LogP contribution in [0.15, 0.2) is 48.1 Å². The first-order valence-corrected chi connectivity index (χ1v) is 8.52. The molecule has 0 aromatic rings. The van der Waals surface area contributed by atoms with Crippen LogP contribution in [0.25, 0.3) is 0 Å². The van der Waals surface area contributed by atoms with Crippen molar-refractivity contribution >= 4 is 11.8 Å². The summed E-state index contributed by atoms with van der Waals surface area (Å²) in [6.07, 6.45) is 8.65. The molecule has 3 atom stereocenters.